The van der Waals surface area contributed by atoms with E-state index in [0.717, 1.165) is 41.1 Å². The summed E-state index contributed by atoms with van der Waals surface area (Å²) < 4.78 is 2.97. The molecule has 0 spiro atoms. The molecule has 0 saturated heterocycles. The standard InChI is InChI=1S/C14H23BrN2OS/c1-4-7-17-10-12(15)9-13(17)14(18)16-11(3)6-8-19-5-2/h9-11H,4-8H2,1-3H3,(H,16,18). The number of carbonyl (C=O) groups is 1. The number of nitrogens with zero attached hydrogens (tertiary/aromatic N) is 1. The van der Waals surface area contributed by atoms with Gasteiger partial charge in [-0.2, -0.15) is 11.8 Å². The topological polar surface area (TPSA) is 34.0 Å². The molecule has 0 aliphatic rings. The molecule has 1 aromatic rings. The third-order valence-corrected chi connectivity index (χ3v) is 4.20. The molecule has 1 N–H and O–H groups in total. The summed E-state index contributed by atoms with van der Waals surface area (Å²) in [6.45, 7) is 7.20. The van der Waals surface area contributed by atoms with E-state index >= 15 is 0 Å². The Kier molecular flexibility index (Phi) is 7.61. The van der Waals surface area contributed by atoms with Gasteiger partial charge in [-0.1, -0.05) is 13.8 Å². The number of hydrogen-bond acceptors (Lipinski definition) is 2. The smallest absolute Gasteiger partial charge is 0.268 e. The van der Waals surface area contributed by atoms with E-state index in [1.807, 2.05) is 28.6 Å². The van der Waals surface area contributed by atoms with E-state index in [9.17, 15) is 4.79 Å². The number of aryl methyl sites for hydroxylation is 1. The molecule has 3 nitrogen and oxygen atoms in total. The maximum Gasteiger partial charge on any atom is 0.268 e. The van der Waals surface area contributed by atoms with Crippen LogP contribution in [0.4, 0.5) is 0 Å². The minimum atomic E-state index is 0.0214. The van der Waals surface area contributed by atoms with Crippen LogP contribution in [-0.2, 0) is 6.54 Å². The number of rotatable bonds is 8. The monoisotopic (exact) mass is 346 g/mol. The highest BCUT2D eigenvalue weighted by Crippen LogP contribution is 2.16. The van der Waals surface area contributed by atoms with Gasteiger partial charge >= 0.3 is 0 Å². The fourth-order valence-corrected chi connectivity index (χ4v) is 3.14. The van der Waals surface area contributed by atoms with Gasteiger partial charge in [-0.25, -0.2) is 0 Å². The molecule has 1 amide bonds. The Labute approximate surface area is 128 Å². The van der Waals surface area contributed by atoms with Crippen LogP contribution in [-0.4, -0.2) is 28.0 Å². The molecule has 0 radical (unpaired) electrons. The van der Waals surface area contributed by atoms with Crippen molar-refractivity contribution >= 4 is 33.6 Å². The third kappa shape index (κ3) is 5.61. The van der Waals surface area contributed by atoms with Gasteiger partial charge in [0.15, 0.2) is 0 Å². The molecule has 19 heavy (non-hydrogen) atoms. The Hall–Kier alpha value is -0.420. The van der Waals surface area contributed by atoms with Gasteiger partial charge in [-0.05, 0) is 53.3 Å². The van der Waals surface area contributed by atoms with Crippen LogP contribution in [0.25, 0.3) is 0 Å². The van der Waals surface area contributed by atoms with Gasteiger partial charge in [0.2, 0.25) is 0 Å². The molecule has 5 heteroatoms. The summed E-state index contributed by atoms with van der Waals surface area (Å²) in [6.07, 6.45) is 4.00. The molecule has 1 atom stereocenters. The van der Waals surface area contributed by atoms with Crippen LogP contribution in [0.1, 0.15) is 44.1 Å². The van der Waals surface area contributed by atoms with Gasteiger partial charge in [-0.3, -0.25) is 4.79 Å². The lowest BCUT2D eigenvalue weighted by atomic mass is 10.2. The molecule has 1 aromatic heterocycles. The molecule has 1 heterocycles. The van der Waals surface area contributed by atoms with Crippen molar-refractivity contribution in [2.45, 2.75) is 46.2 Å². The number of thioether (sulfide) groups is 1. The molecule has 0 aliphatic heterocycles. The highest BCUT2D eigenvalue weighted by Gasteiger charge is 2.14. The second-order valence-electron chi connectivity index (χ2n) is 4.60. The van der Waals surface area contributed by atoms with Gasteiger partial charge in [-0.15, -0.1) is 0 Å². The number of amides is 1. The van der Waals surface area contributed by atoms with Crippen LogP contribution >= 0.6 is 27.7 Å². The van der Waals surface area contributed by atoms with Crippen LogP contribution in [0.2, 0.25) is 0 Å². The molecular formula is C14H23BrN2OS. The molecule has 0 aliphatic carbocycles. The van der Waals surface area contributed by atoms with Crippen LogP contribution in [0.3, 0.4) is 0 Å². The first-order chi connectivity index (χ1) is 9.08. The third-order valence-electron chi connectivity index (χ3n) is 2.84. The summed E-state index contributed by atoms with van der Waals surface area (Å²) in [4.78, 5) is 12.2. The molecule has 0 fully saturated rings. The first kappa shape index (κ1) is 16.6. The van der Waals surface area contributed by atoms with Crippen molar-refractivity contribution in [3.8, 4) is 0 Å². The minimum absolute atomic E-state index is 0.0214. The SMILES string of the molecule is CCCn1cc(Br)cc1C(=O)NC(C)CCSCC. The first-order valence-electron chi connectivity index (χ1n) is 6.82. The fraction of sp³-hybridized carbons (Fsp3) is 0.643. The van der Waals surface area contributed by atoms with E-state index in [4.69, 9.17) is 0 Å². The van der Waals surface area contributed by atoms with Crippen LogP contribution < -0.4 is 5.32 Å². The Bertz CT molecular complexity index is 406. The van der Waals surface area contributed by atoms with E-state index in [1.54, 1.807) is 0 Å². The average molecular weight is 347 g/mol. The second-order valence-corrected chi connectivity index (χ2v) is 6.91. The van der Waals surface area contributed by atoms with Gasteiger partial charge < -0.3 is 9.88 Å². The predicted molar refractivity (Wildman–Crippen MR) is 87.0 cm³/mol. The van der Waals surface area contributed by atoms with Crippen molar-refractivity contribution in [1.29, 1.82) is 0 Å². The van der Waals surface area contributed by atoms with E-state index in [-0.39, 0.29) is 11.9 Å². The van der Waals surface area contributed by atoms with Crippen molar-refractivity contribution in [3.63, 3.8) is 0 Å². The highest BCUT2D eigenvalue weighted by molar-refractivity contribution is 9.10. The molecule has 108 valence electrons. The average Bonchev–Trinajstić information content (AvgIpc) is 2.71. The minimum Gasteiger partial charge on any atom is -0.348 e. The maximum absolute atomic E-state index is 12.2. The Morgan fingerprint density at radius 3 is 2.89 bits per heavy atom. The quantitative estimate of drug-likeness (QED) is 0.723. The highest BCUT2D eigenvalue weighted by atomic mass is 79.9. The predicted octanol–water partition coefficient (Wildman–Crippen LogP) is 3.92. The lowest BCUT2D eigenvalue weighted by molar-refractivity contribution is 0.0930. The van der Waals surface area contributed by atoms with Crippen molar-refractivity contribution in [3.05, 3.63) is 22.4 Å². The number of aromatic nitrogens is 1. The van der Waals surface area contributed by atoms with Gasteiger partial charge in [0.25, 0.3) is 5.91 Å². The van der Waals surface area contributed by atoms with Crippen molar-refractivity contribution < 1.29 is 4.79 Å². The lowest BCUT2D eigenvalue weighted by Gasteiger charge is -2.14. The van der Waals surface area contributed by atoms with Gasteiger partial charge in [0, 0.05) is 23.3 Å². The van der Waals surface area contributed by atoms with Crippen LogP contribution in [0, 0.1) is 0 Å². The lowest BCUT2D eigenvalue weighted by Crippen LogP contribution is -2.34. The maximum atomic E-state index is 12.2. The summed E-state index contributed by atoms with van der Waals surface area (Å²) in [6, 6.07) is 2.11. The van der Waals surface area contributed by atoms with Crippen LogP contribution in [0.5, 0.6) is 0 Å². The summed E-state index contributed by atoms with van der Waals surface area (Å²) in [7, 11) is 0. The summed E-state index contributed by atoms with van der Waals surface area (Å²) in [5.74, 6) is 2.25. The van der Waals surface area contributed by atoms with Gasteiger partial charge in [0.1, 0.15) is 5.69 Å². The van der Waals surface area contributed by atoms with E-state index < -0.39 is 0 Å². The van der Waals surface area contributed by atoms with Crippen molar-refractivity contribution in [1.82, 2.24) is 9.88 Å². The second kappa shape index (κ2) is 8.69. The van der Waals surface area contributed by atoms with E-state index in [2.05, 4.69) is 42.0 Å². The molecule has 0 saturated carbocycles. The first-order valence-corrected chi connectivity index (χ1v) is 8.77. The number of nitrogens with one attached hydrogen (secondary N) is 1. The zero-order valence-electron chi connectivity index (χ0n) is 11.9. The number of halogens is 1. The molecular weight excluding hydrogens is 324 g/mol. The summed E-state index contributed by atoms with van der Waals surface area (Å²) in [5.41, 5.74) is 0.740. The molecule has 1 unspecified atom stereocenters. The zero-order valence-corrected chi connectivity index (χ0v) is 14.3. The molecule has 1 rings (SSSR count). The van der Waals surface area contributed by atoms with E-state index in [1.165, 1.54) is 0 Å². The number of carbonyl (C=O) groups excluding carboxylic acids is 1. The summed E-state index contributed by atoms with van der Waals surface area (Å²) in [5, 5.41) is 3.07. The largest absolute Gasteiger partial charge is 0.348 e. The van der Waals surface area contributed by atoms with Crippen molar-refractivity contribution in [2.24, 2.45) is 0 Å². The van der Waals surface area contributed by atoms with Gasteiger partial charge in [0.05, 0.1) is 0 Å². The molecule has 0 bridgehead atoms. The Morgan fingerprint density at radius 2 is 2.26 bits per heavy atom. The van der Waals surface area contributed by atoms with Crippen molar-refractivity contribution in [2.75, 3.05) is 11.5 Å². The molecule has 0 aromatic carbocycles. The Morgan fingerprint density at radius 1 is 1.53 bits per heavy atom. The summed E-state index contributed by atoms with van der Waals surface area (Å²) >= 11 is 5.35. The van der Waals surface area contributed by atoms with E-state index in [0.29, 0.717) is 0 Å². The van der Waals surface area contributed by atoms with Crippen LogP contribution in [0.15, 0.2) is 16.7 Å². The number of hydrogen-bond donors (Lipinski definition) is 1. The Balaban J connectivity index is 2.57. The fourth-order valence-electron chi connectivity index (χ4n) is 1.87. The zero-order chi connectivity index (χ0) is 14.3. The normalized spacial score (nSPS) is 12.4.